The molecule has 0 aliphatic rings. The van der Waals surface area contributed by atoms with Crippen LogP contribution < -0.4 is 15.1 Å². The van der Waals surface area contributed by atoms with Gasteiger partial charge in [-0.05, 0) is 85.3 Å². The number of rotatable bonds is 9. The number of carbonyl (C=O) groups excluding carboxylic acids is 1. The predicted molar refractivity (Wildman–Crippen MR) is 140 cm³/mol. The molecule has 0 spiro atoms. The maximum absolute atomic E-state index is 12.4. The molecule has 0 aliphatic carbocycles. The minimum absolute atomic E-state index is 0.244. The van der Waals surface area contributed by atoms with Gasteiger partial charge in [0.15, 0.2) is 0 Å². The van der Waals surface area contributed by atoms with E-state index in [1.807, 2.05) is 37.3 Å². The summed E-state index contributed by atoms with van der Waals surface area (Å²) in [5.41, 5.74) is 7.20. The van der Waals surface area contributed by atoms with E-state index in [1.54, 1.807) is 12.3 Å². The van der Waals surface area contributed by atoms with Crippen molar-refractivity contribution in [2.75, 3.05) is 18.0 Å². The van der Waals surface area contributed by atoms with E-state index >= 15 is 0 Å². The van der Waals surface area contributed by atoms with Crippen molar-refractivity contribution in [3.05, 3.63) is 92.6 Å². The average molecular weight is 541 g/mol. The van der Waals surface area contributed by atoms with E-state index in [2.05, 4.69) is 82.2 Å². The predicted octanol–water partition coefficient (Wildman–Crippen LogP) is 5.79. The van der Waals surface area contributed by atoms with Crippen molar-refractivity contribution in [2.45, 2.75) is 27.4 Å². The van der Waals surface area contributed by atoms with E-state index in [4.69, 9.17) is 4.74 Å². The van der Waals surface area contributed by atoms with Gasteiger partial charge >= 0.3 is 0 Å². The standard InChI is InChI=1S/C26H28IN3O2/c1-4-30(5-2)24-14-11-22(17-28-29-26(31)21-8-6-7-19(3)15-21)25(16-24)32-18-20-9-12-23(27)13-10-20/h6-17H,4-5,18H2,1-3H3,(H,29,31)/b28-17-. The zero-order chi connectivity index (χ0) is 22.9. The van der Waals surface area contributed by atoms with Crippen molar-refractivity contribution < 1.29 is 9.53 Å². The van der Waals surface area contributed by atoms with Crippen LogP contribution in [0.3, 0.4) is 0 Å². The van der Waals surface area contributed by atoms with Crippen LogP contribution in [0.2, 0.25) is 0 Å². The summed E-state index contributed by atoms with van der Waals surface area (Å²) in [7, 11) is 0. The van der Waals surface area contributed by atoms with Crippen molar-refractivity contribution >= 4 is 40.4 Å². The van der Waals surface area contributed by atoms with Gasteiger partial charge < -0.3 is 9.64 Å². The molecule has 3 aromatic rings. The maximum Gasteiger partial charge on any atom is 0.271 e. The van der Waals surface area contributed by atoms with Crippen LogP contribution >= 0.6 is 22.6 Å². The van der Waals surface area contributed by atoms with Gasteiger partial charge in [-0.3, -0.25) is 4.79 Å². The van der Waals surface area contributed by atoms with Gasteiger partial charge in [0, 0.05) is 39.5 Å². The van der Waals surface area contributed by atoms with Gasteiger partial charge in [-0.25, -0.2) is 5.43 Å². The molecular formula is C26H28IN3O2. The Balaban J connectivity index is 1.78. The molecule has 1 amide bonds. The zero-order valence-electron chi connectivity index (χ0n) is 18.6. The summed E-state index contributed by atoms with van der Waals surface area (Å²) in [5, 5.41) is 4.17. The lowest BCUT2D eigenvalue weighted by molar-refractivity contribution is 0.0955. The first kappa shape index (κ1) is 23.8. The Bertz CT molecular complexity index is 1080. The fourth-order valence-corrected chi connectivity index (χ4v) is 3.65. The van der Waals surface area contributed by atoms with E-state index in [1.165, 1.54) is 3.57 Å². The molecule has 0 aromatic heterocycles. The monoisotopic (exact) mass is 541 g/mol. The molecule has 32 heavy (non-hydrogen) atoms. The number of halogens is 1. The first-order chi connectivity index (χ1) is 15.5. The van der Waals surface area contributed by atoms with E-state index in [0.29, 0.717) is 12.2 Å². The van der Waals surface area contributed by atoms with E-state index < -0.39 is 0 Å². The number of hydrogen-bond donors (Lipinski definition) is 1. The third-order valence-electron chi connectivity index (χ3n) is 5.08. The fraction of sp³-hybridized carbons (Fsp3) is 0.231. The van der Waals surface area contributed by atoms with Gasteiger partial charge in [0.05, 0.1) is 6.21 Å². The molecule has 5 nitrogen and oxygen atoms in total. The van der Waals surface area contributed by atoms with E-state index in [0.717, 1.165) is 41.2 Å². The molecule has 0 saturated heterocycles. The molecule has 0 radical (unpaired) electrons. The summed E-state index contributed by atoms with van der Waals surface area (Å²) in [6.07, 6.45) is 1.63. The third-order valence-corrected chi connectivity index (χ3v) is 5.80. The number of amides is 1. The van der Waals surface area contributed by atoms with Crippen molar-refractivity contribution in [3.8, 4) is 5.75 Å². The number of hydrogen-bond acceptors (Lipinski definition) is 4. The molecule has 0 bridgehead atoms. The lowest BCUT2D eigenvalue weighted by Gasteiger charge is -2.22. The normalized spacial score (nSPS) is 10.9. The van der Waals surface area contributed by atoms with Crippen LogP contribution in [0, 0.1) is 10.5 Å². The van der Waals surface area contributed by atoms with Gasteiger partial charge in [0.25, 0.3) is 5.91 Å². The Kier molecular flexibility index (Phi) is 8.67. The molecule has 0 fully saturated rings. The smallest absolute Gasteiger partial charge is 0.271 e. The minimum atomic E-state index is -0.244. The number of hydrazone groups is 1. The summed E-state index contributed by atoms with van der Waals surface area (Å²) in [6, 6.07) is 21.7. The summed E-state index contributed by atoms with van der Waals surface area (Å²) in [6.45, 7) is 8.49. The summed E-state index contributed by atoms with van der Waals surface area (Å²) in [5.74, 6) is 0.479. The Morgan fingerprint density at radius 2 is 1.81 bits per heavy atom. The molecule has 0 atom stereocenters. The number of aryl methyl sites for hydroxylation is 1. The second kappa shape index (κ2) is 11.7. The van der Waals surface area contributed by atoms with Gasteiger partial charge in [-0.1, -0.05) is 29.8 Å². The highest BCUT2D eigenvalue weighted by molar-refractivity contribution is 14.1. The lowest BCUT2D eigenvalue weighted by Crippen LogP contribution is -2.21. The van der Waals surface area contributed by atoms with Crippen LogP contribution in [0.15, 0.2) is 71.8 Å². The number of nitrogens with zero attached hydrogens (tertiary/aromatic N) is 2. The van der Waals surface area contributed by atoms with Crippen LogP contribution in [0.1, 0.15) is 40.9 Å². The second-order valence-corrected chi connectivity index (χ2v) is 8.62. The van der Waals surface area contributed by atoms with Crippen molar-refractivity contribution in [2.24, 2.45) is 5.10 Å². The first-order valence-electron chi connectivity index (χ1n) is 10.7. The number of ether oxygens (including phenoxy) is 1. The molecule has 166 valence electrons. The molecule has 6 heteroatoms. The van der Waals surface area contributed by atoms with Crippen LogP contribution in [0.5, 0.6) is 5.75 Å². The van der Waals surface area contributed by atoms with Crippen LogP contribution in [0.4, 0.5) is 5.69 Å². The summed E-state index contributed by atoms with van der Waals surface area (Å²) >= 11 is 2.29. The maximum atomic E-state index is 12.4. The molecule has 0 saturated carbocycles. The fourth-order valence-electron chi connectivity index (χ4n) is 3.29. The molecular weight excluding hydrogens is 513 g/mol. The largest absolute Gasteiger partial charge is 0.488 e. The minimum Gasteiger partial charge on any atom is -0.488 e. The van der Waals surface area contributed by atoms with Gasteiger partial charge in [0.1, 0.15) is 12.4 Å². The molecule has 3 aromatic carbocycles. The Morgan fingerprint density at radius 1 is 1.06 bits per heavy atom. The molecule has 3 rings (SSSR count). The van der Waals surface area contributed by atoms with Crippen molar-refractivity contribution in [3.63, 3.8) is 0 Å². The topological polar surface area (TPSA) is 53.9 Å². The molecule has 0 aliphatic heterocycles. The quantitative estimate of drug-likeness (QED) is 0.212. The van der Waals surface area contributed by atoms with E-state index in [9.17, 15) is 4.79 Å². The van der Waals surface area contributed by atoms with Crippen LogP contribution in [-0.2, 0) is 6.61 Å². The van der Waals surface area contributed by atoms with Crippen LogP contribution in [-0.4, -0.2) is 25.2 Å². The summed E-state index contributed by atoms with van der Waals surface area (Å²) in [4.78, 5) is 14.6. The highest BCUT2D eigenvalue weighted by Crippen LogP contribution is 2.26. The number of benzene rings is 3. The third kappa shape index (κ3) is 6.56. The van der Waals surface area contributed by atoms with Crippen molar-refractivity contribution in [1.29, 1.82) is 0 Å². The van der Waals surface area contributed by atoms with Crippen LogP contribution in [0.25, 0.3) is 0 Å². The molecule has 0 unspecified atom stereocenters. The number of anilines is 1. The van der Waals surface area contributed by atoms with Gasteiger partial charge in [0.2, 0.25) is 0 Å². The number of carbonyl (C=O) groups is 1. The SMILES string of the molecule is CCN(CC)c1ccc(/C=N\NC(=O)c2cccc(C)c2)c(OCc2ccc(I)cc2)c1. The van der Waals surface area contributed by atoms with E-state index in [-0.39, 0.29) is 5.91 Å². The highest BCUT2D eigenvalue weighted by atomic mass is 127. The van der Waals surface area contributed by atoms with Crippen molar-refractivity contribution in [1.82, 2.24) is 5.43 Å². The molecule has 1 N–H and O–H groups in total. The Morgan fingerprint density at radius 3 is 2.50 bits per heavy atom. The number of nitrogens with one attached hydrogen (secondary N) is 1. The second-order valence-electron chi connectivity index (χ2n) is 7.38. The lowest BCUT2D eigenvalue weighted by atomic mass is 10.1. The zero-order valence-corrected chi connectivity index (χ0v) is 20.8. The average Bonchev–Trinajstić information content (AvgIpc) is 2.80. The van der Waals surface area contributed by atoms with Gasteiger partial charge in [-0.2, -0.15) is 5.10 Å². The highest BCUT2D eigenvalue weighted by Gasteiger charge is 2.09. The Hall–Kier alpha value is -2.87. The first-order valence-corrected chi connectivity index (χ1v) is 11.7. The summed E-state index contributed by atoms with van der Waals surface area (Å²) < 4.78 is 7.35. The van der Waals surface area contributed by atoms with Gasteiger partial charge in [-0.15, -0.1) is 0 Å². The molecule has 0 heterocycles. The Labute approximate surface area is 203 Å².